The van der Waals surface area contributed by atoms with Gasteiger partial charge in [0.2, 0.25) is 0 Å². The number of halogens is 3. The van der Waals surface area contributed by atoms with Crippen LogP contribution in [0.1, 0.15) is 28.9 Å². The summed E-state index contributed by atoms with van der Waals surface area (Å²) in [5.41, 5.74) is -1.51. The van der Waals surface area contributed by atoms with Crippen molar-refractivity contribution >= 4 is 5.97 Å². The van der Waals surface area contributed by atoms with Crippen molar-refractivity contribution in [3.63, 3.8) is 0 Å². The zero-order valence-corrected chi connectivity index (χ0v) is 9.20. The van der Waals surface area contributed by atoms with Crippen LogP contribution in [0, 0.1) is 5.92 Å². The summed E-state index contributed by atoms with van der Waals surface area (Å²) < 4.78 is 42.5. The minimum atomic E-state index is -4.57. The van der Waals surface area contributed by atoms with Gasteiger partial charge in [-0.25, -0.2) is 9.78 Å². The first kappa shape index (κ1) is 12.7. The summed E-state index contributed by atoms with van der Waals surface area (Å²) >= 11 is 0. The first-order valence-corrected chi connectivity index (χ1v) is 5.31. The molecule has 2 rings (SSSR count). The Balaban J connectivity index is 2.27. The molecule has 0 unspecified atom stereocenters. The molecule has 1 aromatic heterocycles. The third kappa shape index (κ3) is 2.91. The first-order chi connectivity index (χ1) is 8.38. The summed E-state index contributed by atoms with van der Waals surface area (Å²) in [4.78, 5) is 14.1. The molecule has 1 N–H and O–H groups in total. The molecule has 1 fully saturated rings. The fourth-order valence-electron chi connectivity index (χ4n) is 1.36. The van der Waals surface area contributed by atoms with E-state index in [2.05, 4.69) is 4.98 Å². The highest BCUT2D eigenvalue weighted by Gasteiger charge is 2.33. The minimum absolute atomic E-state index is 0.225. The topological polar surface area (TPSA) is 59.4 Å². The molecule has 0 spiro atoms. The third-order valence-electron chi connectivity index (χ3n) is 2.55. The van der Waals surface area contributed by atoms with Gasteiger partial charge in [-0.15, -0.1) is 0 Å². The SMILES string of the molecule is O=C(O)c1ncc(C(F)(F)F)cc1OCC1CC1. The van der Waals surface area contributed by atoms with Crippen LogP contribution >= 0.6 is 0 Å². The number of pyridine rings is 1. The molecule has 98 valence electrons. The number of carboxylic acid groups (broad SMARTS) is 1. The second kappa shape index (κ2) is 4.47. The quantitative estimate of drug-likeness (QED) is 0.905. The lowest BCUT2D eigenvalue weighted by Gasteiger charge is -2.11. The Morgan fingerprint density at radius 3 is 2.67 bits per heavy atom. The monoisotopic (exact) mass is 261 g/mol. The van der Waals surface area contributed by atoms with Gasteiger partial charge in [0.05, 0.1) is 12.2 Å². The van der Waals surface area contributed by atoms with Crippen LogP contribution in [-0.4, -0.2) is 22.7 Å². The fourth-order valence-corrected chi connectivity index (χ4v) is 1.36. The predicted molar refractivity (Wildman–Crippen MR) is 54.4 cm³/mol. The highest BCUT2D eigenvalue weighted by atomic mass is 19.4. The van der Waals surface area contributed by atoms with E-state index < -0.39 is 23.4 Å². The lowest BCUT2D eigenvalue weighted by Crippen LogP contribution is -2.12. The van der Waals surface area contributed by atoms with Gasteiger partial charge in [0.25, 0.3) is 0 Å². The van der Waals surface area contributed by atoms with E-state index in [9.17, 15) is 18.0 Å². The molecular weight excluding hydrogens is 251 g/mol. The van der Waals surface area contributed by atoms with E-state index in [0.29, 0.717) is 18.2 Å². The van der Waals surface area contributed by atoms with Gasteiger partial charge in [0.15, 0.2) is 11.4 Å². The van der Waals surface area contributed by atoms with Crippen molar-refractivity contribution in [3.8, 4) is 5.75 Å². The maximum Gasteiger partial charge on any atom is 0.418 e. The maximum absolute atomic E-state index is 12.5. The standard InChI is InChI=1S/C11H10F3NO3/c12-11(13,14)7-3-8(18-5-6-1-2-6)9(10(16)17)15-4-7/h3-4,6H,1-2,5H2,(H,16,17). The highest BCUT2D eigenvalue weighted by Crippen LogP contribution is 2.34. The number of aromatic carboxylic acids is 1. The summed E-state index contributed by atoms with van der Waals surface area (Å²) in [7, 11) is 0. The summed E-state index contributed by atoms with van der Waals surface area (Å²) in [6, 6.07) is 0.679. The Bertz CT molecular complexity index is 469. The molecule has 1 aliphatic carbocycles. The zero-order valence-electron chi connectivity index (χ0n) is 9.20. The average molecular weight is 261 g/mol. The maximum atomic E-state index is 12.5. The summed E-state index contributed by atoms with van der Waals surface area (Å²) in [6.45, 7) is 0.225. The Hall–Kier alpha value is -1.79. The molecule has 0 saturated heterocycles. The third-order valence-corrected chi connectivity index (χ3v) is 2.55. The van der Waals surface area contributed by atoms with Crippen molar-refractivity contribution in [1.82, 2.24) is 4.98 Å². The fraction of sp³-hybridized carbons (Fsp3) is 0.455. The first-order valence-electron chi connectivity index (χ1n) is 5.31. The van der Waals surface area contributed by atoms with Crippen molar-refractivity contribution in [2.45, 2.75) is 19.0 Å². The van der Waals surface area contributed by atoms with Crippen LogP contribution in [0.3, 0.4) is 0 Å². The second-order valence-electron chi connectivity index (χ2n) is 4.13. The van der Waals surface area contributed by atoms with E-state index in [1.54, 1.807) is 0 Å². The number of hydrogen-bond acceptors (Lipinski definition) is 3. The lowest BCUT2D eigenvalue weighted by atomic mass is 10.2. The van der Waals surface area contributed by atoms with Crippen molar-refractivity contribution in [3.05, 3.63) is 23.5 Å². The van der Waals surface area contributed by atoms with Crippen LogP contribution in [0.5, 0.6) is 5.75 Å². The molecule has 18 heavy (non-hydrogen) atoms. The van der Waals surface area contributed by atoms with Gasteiger partial charge in [0.1, 0.15) is 0 Å². The van der Waals surface area contributed by atoms with Gasteiger partial charge in [-0.1, -0.05) is 0 Å². The molecule has 0 aliphatic heterocycles. The number of ether oxygens (including phenoxy) is 1. The van der Waals surface area contributed by atoms with E-state index in [1.807, 2.05) is 0 Å². The molecule has 0 atom stereocenters. The normalized spacial score (nSPS) is 15.5. The molecule has 4 nitrogen and oxygen atoms in total. The van der Waals surface area contributed by atoms with Crippen LogP contribution in [0.4, 0.5) is 13.2 Å². The number of carbonyl (C=O) groups is 1. The smallest absolute Gasteiger partial charge is 0.418 e. The van der Waals surface area contributed by atoms with Crippen LogP contribution < -0.4 is 4.74 Å². The molecule has 7 heteroatoms. The molecule has 0 radical (unpaired) electrons. The van der Waals surface area contributed by atoms with Crippen LogP contribution in [0.2, 0.25) is 0 Å². The highest BCUT2D eigenvalue weighted by molar-refractivity contribution is 5.88. The number of nitrogens with zero attached hydrogens (tertiary/aromatic N) is 1. The van der Waals surface area contributed by atoms with Crippen molar-refractivity contribution in [2.75, 3.05) is 6.61 Å². The Labute approximate surface area is 100 Å². The van der Waals surface area contributed by atoms with E-state index in [-0.39, 0.29) is 12.4 Å². The van der Waals surface area contributed by atoms with Gasteiger partial charge in [0, 0.05) is 6.20 Å². The average Bonchev–Trinajstić information content (AvgIpc) is 3.08. The molecule has 1 aromatic rings. The molecule has 1 heterocycles. The van der Waals surface area contributed by atoms with Gasteiger partial charge < -0.3 is 9.84 Å². The Morgan fingerprint density at radius 1 is 1.50 bits per heavy atom. The van der Waals surface area contributed by atoms with Crippen molar-refractivity contribution < 1.29 is 27.8 Å². The van der Waals surface area contributed by atoms with E-state index >= 15 is 0 Å². The van der Waals surface area contributed by atoms with Gasteiger partial charge in [-0.3, -0.25) is 0 Å². The molecule has 0 aromatic carbocycles. The summed E-state index contributed by atoms with van der Waals surface area (Å²) in [5, 5.41) is 8.82. The van der Waals surface area contributed by atoms with Crippen LogP contribution in [0.25, 0.3) is 0 Å². The Morgan fingerprint density at radius 2 is 2.17 bits per heavy atom. The van der Waals surface area contributed by atoms with E-state index in [1.165, 1.54) is 0 Å². The predicted octanol–water partition coefficient (Wildman–Crippen LogP) is 2.59. The summed E-state index contributed by atoms with van der Waals surface area (Å²) in [5.74, 6) is -1.43. The number of rotatable bonds is 4. The summed E-state index contributed by atoms with van der Waals surface area (Å²) in [6.07, 6.45) is -2.17. The van der Waals surface area contributed by atoms with E-state index in [4.69, 9.17) is 9.84 Å². The molecule has 1 saturated carbocycles. The number of carboxylic acids is 1. The Kier molecular flexibility index (Phi) is 3.14. The minimum Gasteiger partial charge on any atom is -0.491 e. The molecule has 0 bridgehead atoms. The number of aromatic nitrogens is 1. The van der Waals surface area contributed by atoms with Gasteiger partial charge in [-0.05, 0) is 24.8 Å². The van der Waals surface area contributed by atoms with Gasteiger partial charge >= 0.3 is 12.1 Å². The number of hydrogen-bond donors (Lipinski definition) is 1. The molecule has 1 aliphatic rings. The van der Waals surface area contributed by atoms with Crippen LogP contribution in [0.15, 0.2) is 12.3 Å². The lowest BCUT2D eigenvalue weighted by molar-refractivity contribution is -0.138. The number of alkyl halides is 3. The zero-order chi connectivity index (χ0) is 13.3. The van der Waals surface area contributed by atoms with E-state index in [0.717, 1.165) is 12.8 Å². The van der Waals surface area contributed by atoms with Gasteiger partial charge in [-0.2, -0.15) is 13.2 Å². The van der Waals surface area contributed by atoms with Crippen LogP contribution in [-0.2, 0) is 6.18 Å². The second-order valence-corrected chi connectivity index (χ2v) is 4.13. The molecular formula is C11H10F3NO3. The van der Waals surface area contributed by atoms with Crippen molar-refractivity contribution in [2.24, 2.45) is 5.92 Å². The van der Waals surface area contributed by atoms with Crippen molar-refractivity contribution in [1.29, 1.82) is 0 Å². The molecule has 0 amide bonds. The largest absolute Gasteiger partial charge is 0.491 e.